The number of pyridine rings is 1. The van der Waals surface area contributed by atoms with Crippen LogP contribution in [0.2, 0.25) is 0 Å². The molecule has 1 N–H and O–H groups in total. The number of aryl methyl sites for hydroxylation is 2. The summed E-state index contributed by atoms with van der Waals surface area (Å²) in [5, 5.41) is 10.5. The molecule has 0 bridgehead atoms. The number of aliphatic hydroxyl groups is 1. The third kappa shape index (κ3) is 4.05. The predicted molar refractivity (Wildman–Crippen MR) is 138 cm³/mol. The summed E-state index contributed by atoms with van der Waals surface area (Å²) >= 11 is 0. The normalized spacial score (nSPS) is 15.0. The molecule has 1 aromatic carbocycles. The van der Waals surface area contributed by atoms with Gasteiger partial charge in [0.15, 0.2) is 5.82 Å². The molecule has 1 amide bonds. The predicted octanol–water partition coefficient (Wildman–Crippen LogP) is 2.66. The number of amides is 1. The van der Waals surface area contributed by atoms with Crippen LogP contribution in [0.3, 0.4) is 0 Å². The van der Waals surface area contributed by atoms with Crippen LogP contribution in [0.4, 0.5) is 5.69 Å². The minimum absolute atomic E-state index is 0.105. The zero-order valence-corrected chi connectivity index (χ0v) is 20.7. The topological polar surface area (TPSA) is 106 Å². The van der Waals surface area contributed by atoms with Crippen LogP contribution in [0.25, 0.3) is 11.1 Å². The Hall–Kier alpha value is -4.11. The summed E-state index contributed by atoms with van der Waals surface area (Å²) in [6.07, 6.45) is 9.39. The molecule has 188 valence electrons. The molecule has 4 heterocycles. The van der Waals surface area contributed by atoms with Gasteiger partial charge in [0.1, 0.15) is 6.33 Å². The summed E-state index contributed by atoms with van der Waals surface area (Å²) in [6, 6.07) is 9.31. The van der Waals surface area contributed by atoms with Crippen LogP contribution in [0.1, 0.15) is 51.7 Å². The zero-order valence-electron chi connectivity index (χ0n) is 20.7. The number of imidazole rings is 1. The fourth-order valence-electron chi connectivity index (χ4n) is 5.59. The fraction of sp³-hybridized carbons (Fsp3) is 0.321. The summed E-state index contributed by atoms with van der Waals surface area (Å²) in [6.45, 7) is 0.947. The van der Waals surface area contributed by atoms with E-state index in [-0.39, 0.29) is 18.1 Å². The van der Waals surface area contributed by atoms with Crippen molar-refractivity contribution in [3.8, 4) is 11.1 Å². The van der Waals surface area contributed by atoms with Crippen LogP contribution in [-0.2, 0) is 39.5 Å². The third-order valence-corrected chi connectivity index (χ3v) is 7.40. The first-order valence-electron chi connectivity index (χ1n) is 12.6. The van der Waals surface area contributed by atoms with Crippen molar-refractivity contribution in [2.24, 2.45) is 7.05 Å². The average Bonchev–Trinajstić information content (AvgIpc) is 3.31. The molecular formula is C28H28N6O3. The van der Waals surface area contributed by atoms with Gasteiger partial charge in [-0.3, -0.25) is 9.59 Å². The van der Waals surface area contributed by atoms with E-state index in [4.69, 9.17) is 4.98 Å². The van der Waals surface area contributed by atoms with E-state index in [1.807, 2.05) is 24.3 Å². The van der Waals surface area contributed by atoms with Crippen molar-refractivity contribution in [1.29, 1.82) is 0 Å². The first kappa shape index (κ1) is 23.3. The van der Waals surface area contributed by atoms with Crippen LogP contribution in [0, 0.1) is 0 Å². The van der Waals surface area contributed by atoms with Crippen LogP contribution in [-0.4, -0.2) is 41.6 Å². The molecule has 0 radical (unpaired) electrons. The number of hydrogen-bond acceptors (Lipinski definition) is 6. The van der Waals surface area contributed by atoms with Gasteiger partial charge < -0.3 is 19.1 Å². The Morgan fingerprint density at radius 2 is 1.95 bits per heavy atom. The van der Waals surface area contributed by atoms with Gasteiger partial charge in [0.2, 0.25) is 0 Å². The molecule has 4 aromatic rings. The van der Waals surface area contributed by atoms with Gasteiger partial charge in [-0.25, -0.2) is 15.0 Å². The van der Waals surface area contributed by atoms with E-state index in [1.165, 1.54) is 12.0 Å². The molecule has 0 saturated carbocycles. The summed E-state index contributed by atoms with van der Waals surface area (Å²) in [4.78, 5) is 41.1. The maximum Gasteiger partial charge on any atom is 0.294 e. The summed E-state index contributed by atoms with van der Waals surface area (Å²) in [5.74, 6) is 0.346. The Kier molecular flexibility index (Phi) is 5.92. The van der Waals surface area contributed by atoms with E-state index in [9.17, 15) is 14.7 Å². The highest BCUT2D eigenvalue weighted by molar-refractivity contribution is 6.05. The number of carbonyl (C=O) groups excluding carboxylic acids is 1. The van der Waals surface area contributed by atoms with Crippen molar-refractivity contribution in [3.05, 3.63) is 93.4 Å². The molecule has 6 rings (SSSR count). The van der Waals surface area contributed by atoms with Crippen LogP contribution >= 0.6 is 0 Å². The van der Waals surface area contributed by atoms with Gasteiger partial charge in [-0.1, -0.05) is 12.1 Å². The molecule has 0 unspecified atom stereocenters. The number of benzene rings is 1. The number of aliphatic hydroxyl groups excluding tert-OH is 1. The molecule has 0 fully saturated rings. The second kappa shape index (κ2) is 9.40. The number of aromatic nitrogens is 5. The Balaban J connectivity index is 1.40. The van der Waals surface area contributed by atoms with Crippen LogP contribution < -0.4 is 10.5 Å². The van der Waals surface area contributed by atoms with Gasteiger partial charge in [-0.2, -0.15) is 0 Å². The van der Waals surface area contributed by atoms with E-state index in [0.29, 0.717) is 42.1 Å². The van der Waals surface area contributed by atoms with Crippen molar-refractivity contribution in [3.63, 3.8) is 0 Å². The maximum atomic E-state index is 13.6. The maximum absolute atomic E-state index is 13.6. The van der Waals surface area contributed by atoms with E-state index in [0.717, 1.165) is 48.2 Å². The SMILES string of the molecule is Cn1cc(-c2cccc(N3CCn4c(nc5c4CCCC5)C3=O)c2CO)cc(Cc2ccncn2)c1=O. The Bertz CT molecular complexity index is 1560. The summed E-state index contributed by atoms with van der Waals surface area (Å²) < 4.78 is 3.63. The highest BCUT2D eigenvalue weighted by atomic mass is 16.3. The molecule has 3 aromatic heterocycles. The standard InChI is InChI=1S/C28H28N6O3/c1-32-15-19(13-18(27(32)36)14-20-9-10-29-17-30-20)21-5-4-8-24(22(21)16-35)34-12-11-33-25-7-3-2-6-23(25)31-26(33)28(34)37/h4-5,8-10,13,15,17,35H,2-3,6-7,11-12,14,16H2,1H3. The third-order valence-electron chi connectivity index (χ3n) is 7.40. The average molecular weight is 497 g/mol. The number of fused-ring (bicyclic) bond motifs is 3. The smallest absolute Gasteiger partial charge is 0.294 e. The molecule has 0 spiro atoms. The number of carbonyl (C=O) groups is 1. The second-order valence-electron chi connectivity index (χ2n) is 9.65. The number of hydrogen-bond donors (Lipinski definition) is 1. The van der Waals surface area contributed by atoms with Crippen molar-refractivity contribution in [2.45, 2.75) is 45.3 Å². The van der Waals surface area contributed by atoms with Gasteiger partial charge in [-0.15, -0.1) is 0 Å². The lowest BCUT2D eigenvalue weighted by Gasteiger charge is -2.30. The first-order chi connectivity index (χ1) is 18.0. The van der Waals surface area contributed by atoms with Crippen molar-refractivity contribution < 1.29 is 9.90 Å². The molecule has 0 atom stereocenters. The monoisotopic (exact) mass is 496 g/mol. The fourth-order valence-corrected chi connectivity index (χ4v) is 5.59. The largest absolute Gasteiger partial charge is 0.392 e. The molecule has 1 aliphatic carbocycles. The zero-order chi connectivity index (χ0) is 25.5. The van der Waals surface area contributed by atoms with E-state index in [1.54, 1.807) is 35.0 Å². The molecule has 0 saturated heterocycles. The molecule has 1 aliphatic heterocycles. The van der Waals surface area contributed by atoms with Gasteiger partial charge in [0, 0.05) is 61.5 Å². The Morgan fingerprint density at radius 1 is 1.08 bits per heavy atom. The quantitative estimate of drug-likeness (QED) is 0.455. The number of rotatable bonds is 5. The number of nitrogens with zero attached hydrogens (tertiary/aromatic N) is 6. The Labute approximate surface area is 214 Å². The molecular weight excluding hydrogens is 468 g/mol. The molecule has 9 heteroatoms. The van der Waals surface area contributed by atoms with Crippen molar-refractivity contribution in [2.75, 3.05) is 11.4 Å². The number of anilines is 1. The van der Waals surface area contributed by atoms with Gasteiger partial charge >= 0.3 is 0 Å². The van der Waals surface area contributed by atoms with Crippen molar-refractivity contribution in [1.82, 2.24) is 24.1 Å². The Morgan fingerprint density at radius 3 is 2.76 bits per heavy atom. The molecule has 2 aliphatic rings. The van der Waals surface area contributed by atoms with Crippen molar-refractivity contribution >= 4 is 11.6 Å². The van der Waals surface area contributed by atoms with E-state index >= 15 is 0 Å². The lowest BCUT2D eigenvalue weighted by molar-refractivity contribution is 0.0958. The van der Waals surface area contributed by atoms with Gasteiger partial charge in [-0.05, 0) is 55.0 Å². The minimum Gasteiger partial charge on any atom is -0.392 e. The highest BCUT2D eigenvalue weighted by Crippen LogP contribution is 2.34. The van der Waals surface area contributed by atoms with E-state index in [2.05, 4.69) is 14.5 Å². The lowest BCUT2D eigenvalue weighted by atomic mass is 9.97. The van der Waals surface area contributed by atoms with Crippen LogP contribution in [0.15, 0.2) is 53.8 Å². The first-order valence-corrected chi connectivity index (χ1v) is 12.6. The highest BCUT2D eigenvalue weighted by Gasteiger charge is 2.33. The second-order valence-corrected chi connectivity index (χ2v) is 9.65. The van der Waals surface area contributed by atoms with Crippen LogP contribution in [0.5, 0.6) is 0 Å². The molecule has 9 nitrogen and oxygen atoms in total. The molecule has 37 heavy (non-hydrogen) atoms. The summed E-state index contributed by atoms with van der Waals surface area (Å²) in [7, 11) is 1.72. The lowest BCUT2D eigenvalue weighted by Crippen LogP contribution is -2.41. The van der Waals surface area contributed by atoms with Gasteiger partial charge in [0.05, 0.1) is 18.0 Å². The van der Waals surface area contributed by atoms with E-state index < -0.39 is 0 Å². The van der Waals surface area contributed by atoms with Gasteiger partial charge in [0.25, 0.3) is 11.5 Å². The minimum atomic E-state index is -0.246. The summed E-state index contributed by atoms with van der Waals surface area (Å²) in [5.41, 5.74) is 6.37.